The van der Waals surface area contributed by atoms with Gasteiger partial charge >= 0.3 is 0 Å². The summed E-state index contributed by atoms with van der Waals surface area (Å²) in [6, 6.07) is 34.5. The number of hydrogen-bond donors (Lipinski definition) is 1. The molecule has 0 amide bonds. The lowest BCUT2D eigenvalue weighted by Gasteiger charge is -2.09. The van der Waals surface area contributed by atoms with E-state index < -0.39 is 0 Å². The normalized spacial score (nSPS) is 11.9. The zero-order chi connectivity index (χ0) is 20.9. The van der Waals surface area contributed by atoms with E-state index in [1.165, 1.54) is 10.8 Å². The van der Waals surface area contributed by atoms with Crippen LogP contribution >= 0.6 is 0 Å². The fourth-order valence-electron chi connectivity index (χ4n) is 3.62. The molecule has 0 atom stereocenters. The lowest BCUT2D eigenvalue weighted by Crippen LogP contribution is -2.20. The third-order valence-corrected chi connectivity index (χ3v) is 5.08. The van der Waals surface area contributed by atoms with Crippen molar-refractivity contribution >= 4 is 39.3 Å². The molecule has 4 aromatic carbocycles. The molecule has 0 fully saturated rings. The minimum absolute atomic E-state index is 0.590. The van der Waals surface area contributed by atoms with Crippen LogP contribution in [0, 0.1) is 0 Å². The number of pyridine rings is 1. The Kier molecular flexibility index (Phi) is 5.18. The Morgan fingerprint density at radius 2 is 1.35 bits per heavy atom. The van der Waals surface area contributed by atoms with Crippen LogP contribution in [0.2, 0.25) is 0 Å². The smallest absolute Gasteiger partial charge is 0.172 e. The number of para-hydroxylation sites is 1. The average Bonchev–Trinajstić information content (AvgIpc) is 2.84. The number of rotatable bonds is 4. The van der Waals surface area contributed by atoms with Crippen molar-refractivity contribution in [1.29, 1.82) is 0 Å². The zero-order valence-electron chi connectivity index (χ0n) is 16.8. The van der Waals surface area contributed by atoms with Gasteiger partial charge in [0.2, 0.25) is 0 Å². The molecule has 148 valence electrons. The maximum absolute atomic E-state index is 4.71. The molecular weight excluding hydrogens is 380 g/mol. The molecular formula is C27H20N4. The van der Waals surface area contributed by atoms with E-state index in [1.54, 1.807) is 6.20 Å². The first-order valence-corrected chi connectivity index (χ1v) is 10.1. The summed E-state index contributed by atoms with van der Waals surface area (Å²) in [4.78, 5) is 9.15. The average molecular weight is 400 g/mol. The standard InChI is InChI=1S/C27H20N4/c1-2-12-22(13-3-1)30-27(26-16-8-9-17-28-26)31-29-19-25-23-14-6-4-10-20(23)18-21-11-5-7-15-24(21)25/h1-19H,(H,30,31)/b29-19+. The molecule has 1 heterocycles. The second-order valence-corrected chi connectivity index (χ2v) is 7.11. The van der Waals surface area contributed by atoms with Crippen LogP contribution in [0.3, 0.4) is 0 Å². The summed E-state index contributed by atoms with van der Waals surface area (Å²) in [5, 5.41) is 9.26. The van der Waals surface area contributed by atoms with Crippen molar-refractivity contribution in [3.05, 3.63) is 121 Å². The summed E-state index contributed by atoms with van der Waals surface area (Å²) in [5.74, 6) is 0.590. The van der Waals surface area contributed by atoms with Gasteiger partial charge in [-0.1, -0.05) is 72.8 Å². The van der Waals surface area contributed by atoms with Crippen LogP contribution in [-0.2, 0) is 0 Å². The Hall–Kier alpha value is -4.31. The summed E-state index contributed by atoms with van der Waals surface area (Å²) in [6.45, 7) is 0. The summed E-state index contributed by atoms with van der Waals surface area (Å²) < 4.78 is 0. The van der Waals surface area contributed by atoms with E-state index >= 15 is 0 Å². The summed E-state index contributed by atoms with van der Waals surface area (Å²) in [6.07, 6.45) is 3.62. The number of benzene rings is 4. The molecule has 31 heavy (non-hydrogen) atoms. The van der Waals surface area contributed by atoms with Crippen LogP contribution in [0.5, 0.6) is 0 Å². The molecule has 4 heteroatoms. The predicted octanol–water partition coefficient (Wildman–Crippen LogP) is 6.09. The number of amidine groups is 1. The largest absolute Gasteiger partial charge is 0.260 e. The van der Waals surface area contributed by atoms with Gasteiger partial charge in [-0.15, -0.1) is 0 Å². The van der Waals surface area contributed by atoms with Crippen LogP contribution in [-0.4, -0.2) is 17.0 Å². The van der Waals surface area contributed by atoms with E-state index in [9.17, 15) is 0 Å². The van der Waals surface area contributed by atoms with Gasteiger partial charge in [0.05, 0.1) is 11.9 Å². The van der Waals surface area contributed by atoms with Gasteiger partial charge < -0.3 is 0 Å². The van der Waals surface area contributed by atoms with Crippen LogP contribution in [0.4, 0.5) is 5.69 Å². The number of hydrogen-bond acceptors (Lipinski definition) is 3. The molecule has 0 spiro atoms. The van der Waals surface area contributed by atoms with Gasteiger partial charge in [-0.25, -0.2) is 4.99 Å². The molecule has 0 saturated carbocycles. The van der Waals surface area contributed by atoms with Crippen LogP contribution in [0.15, 0.2) is 119 Å². The first-order valence-electron chi connectivity index (χ1n) is 10.1. The number of nitrogens with one attached hydrogen (secondary N) is 1. The minimum Gasteiger partial charge on any atom is -0.260 e. The molecule has 4 nitrogen and oxygen atoms in total. The molecule has 5 rings (SSSR count). The second-order valence-electron chi connectivity index (χ2n) is 7.11. The molecule has 1 N–H and O–H groups in total. The molecule has 1 aromatic heterocycles. The monoisotopic (exact) mass is 400 g/mol. The van der Waals surface area contributed by atoms with Gasteiger partial charge in [0.15, 0.2) is 5.84 Å². The Morgan fingerprint density at radius 3 is 2.03 bits per heavy atom. The van der Waals surface area contributed by atoms with E-state index in [2.05, 4.69) is 70.1 Å². The van der Waals surface area contributed by atoms with E-state index in [1.807, 2.05) is 54.7 Å². The maximum Gasteiger partial charge on any atom is 0.172 e. The number of hydrazone groups is 1. The fraction of sp³-hybridized carbons (Fsp3) is 0. The number of fused-ring (bicyclic) bond motifs is 2. The number of aliphatic imine (C=N–C) groups is 1. The molecule has 0 radical (unpaired) electrons. The molecule has 5 aromatic rings. The van der Waals surface area contributed by atoms with Crippen LogP contribution in [0.1, 0.15) is 11.3 Å². The Morgan fingerprint density at radius 1 is 0.710 bits per heavy atom. The Balaban J connectivity index is 1.56. The lowest BCUT2D eigenvalue weighted by molar-refractivity contribution is 1.02. The SMILES string of the molecule is C(=N\NC(=Nc1ccccc1)c1ccccn1)/c1c2ccccc2cc2ccccc12. The highest BCUT2D eigenvalue weighted by molar-refractivity contribution is 6.13. The molecule has 0 aliphatic rings. The van der Waals surface area contributed by atoms with Crippen molar-refractivity contribution in [2.24, 2.45) is 10.1 Å². The van der Waals surface area contributed by atoms with Gasteiger partial charge in [0.1, 0.15) is 5.69 Å². The van der Waals surface area contributed by atoms with Crippen molar-refractivity contribution in [2.45, 2.75) is 0 Å². The summed E-state index contributed by atoms with van der Waals surface area (Å²) >= 11 is 0. The second kappa shape index (κ2) is 8.59. The molecule has 0 saturated heterocycles. The lowest BCUT2D eigenvalue weighted by atomic mass is 9.97. The molecule has 0 bridgehead atoms. The first-order chi connectivity index (χ1) is 15.4. The van der Waals surface area contributed by atoms with Gasteiger partial charge in [0, 0.05) is 11.8 Å². The fourth-order valence-corrected chi connectivity index (χ4v) is 3.62. The quantitative estimate of drug-likeness (QED) is 0.172. The maximum atomic E-state index is 4.71. The van der Waals surface area contributed by atoms with E-state index in [0.717, 1.165) is 27.7 Å². The molecule has 0 aliphatic carbocycles. The van der Waals surface area contributed by atoms with E-state index in [0.29, 0.717) is 5.84 Å². The van der Waals surface area contributed by atoms with Crippen LogP contribution in [0.25, 0.3) is 21.5 Å². The van der Waals surface area contributed by atoms with E-state index in [4.69, 9.17) is 4.99 Å². The van der Waals surface area contributed by atoms with Crippen molar-refractivity contribution < 1.29 is 0 Å². The Bertz CT molecular complexity index is 1340. The topological polar surface area (TPSA) is 49.6 Å². The Labute approximate surface area is 180 Å². The zero-order valence-corrected chi connectivity index (χ0v) is 16.8. The third kappa shape index (κ3) is 4.05. The van der Waals surface area contributed by atoms with Gasteiger partial charge in [-0.3, -0.25) is 10.4 Å². The van der Waals surface area contributed by atoms with Crippen molar-refractivity contribution in [3.63, 3.8) is 0 Å². The van der Waals surface area contributed by atoms with Crippen molar-refractivity contribution in [1.82, 2.24) is 10.4 Å². The number of aromatic nitrogens is 1. The van der Waals surface area contributed by atoms with Gasteiger partial charge in [-0.05, 0) is 51.9 Å². The minimum atomic E-state index is 0.590. The molecule has 0 aliphatic heterocycles. The van der Waals surface area contributed by atoms with E-state index in [-0.39, 0.29) is 0 Å². The summed E-state index contributed by atoms with van der Waals surface area (Å²) in [5.41, 5.74) is 5.75. The van der Waals surface area contributed by atoms with Gasteiger partial charge in [0.25, 0.3) is 0 Å². The highest BCUT2D eigenvalue weighted by Gasteiger charge is 2.07. The highest BCUT2D eigenvalue weighted by Crippen LogP contribution is 2.27. The molecule has 0 unspecified atom stereocenters. The highest BCUT2D eigenvalue weighted by atomic mass is 15.3. The third-order valence-electron chi connectivity index (χ3n) is 5.08. The summed E-state index contributed by atoms with van der Waals surface area (Å²) in [7, 11) is 0. The predicted molar refractivity (Wildman–Crippen MR) is 129 cm³/mol. The van der Waals surface area contributed by atoms with Gasteiger partial charge in [-0.2, -0.15) is 5.10 Å². The first kappa shape index (κ1) is 18.7. The van der Waals surface area contributed by atoms with Crippen molar-refractivity contribution in [3.8, 4) is 0 Å². The van der Waals surface area contributed by atoms with Crippen molar-refractivity contribution in [2.75, 3.05) is 0 Å². The number of nitrogens with zero attached hydrogens (tertiary/aromatic N) is 3. The van der Waals surface area contributed by atoms with Crippen LogP contribution < -0.4 is 5.43 Å².